The minimum absolute atomic E-state index is 0.0174. The molecule has 1 aromatic heterocycles. The van der Waals surface area contributed by atoms with Gasteiger partial charge in [0.2, 0.25) is 17.7 Å². The highest BCUT2D eigenvalue weighted by molar-refractivity contribution is 5.99. The zero-order chi connectivity index (χ0) is 40.1. The number of guanidine groups is 1. The van der Waals surface area contributed by atoms with Crippen LogP contribution in [-0.2, 0) is 27.2 Å². The maximum absolute atomic E-state index is 14.7. The maximum Gasteiger partial charge on any atom is 0.243 e. The van der Waals surface area contributed by atoms with Crippen LogP contribution >= 0.6 is 0 Å². The summed E-state index contributed by atoms with van der Waals surface area (Å²) in [5.74, 6) is -0.913. The van der Waals surface area contributed by atoms with Gasteiger partial charge in [-0.05, 0) is 53.1 Å². The van der Waals surface area contributed by atoms with Crippen molar-refractivity contribution in [1.29, 1.82) is 0 Å². The molecule has 0 spiro atoms. The Kier molecular flexibility index (Phi) is 13.8. The molecule has 1 saturated heterocycles. The molecule has 6 rings (SSSR count). The second-order valence-electron chi connectivity index (χ2n) is 14.6. The number of hydrogen-bond acceptors (Lipinski definition) is 7. The summed E-state index contributed by atoms with van der Waals surface area (Å²) in [4.78, 5) is 67.2. The second kappa shape index (κ2) is 19.5. The van der Waals surface area contributed by atoms with Crippen molar-refractivity contribution in [3.63, 3.8) is 0 Å². The summed E-state index contributed by atoms with van der Waals surface area (Å²) in [6, 6.07) is 29.4. The molecule has 0 unspecified atom stereocenters. The molecule has 1 aliphatic heterocycles. The summed E-state index contributed by atoms with van der Waals surface area (Å²) < 4.78 is 0. The molecule has 13 nitrogen and oxygen atoms in total. The molecule has 2 heterocycles. The number of benzene rings is 4. The Labute approximate surface area is 332 Å². The molecule has 296 valence electrons. The van der Waals surface area contributed by atoms with Gasteiger partial charge in [0.25, 0.3) is 0 Å². The van der Waals surface area contributed by atoms with Crippen molar-refractivity contribution >= 4 is 40.7 Å². The molecular weight excluding hydrogens is 719 g/mol. The van der Waals surface area contributed by atoms with E-state index in [9.17, 15) is 19.2 Å². The Morgan fingerprint density at radius 3 is 2.30 bits per heavy atom. The third-order valence-electron chi connectivity index (χ3n) is 10.6. The first-order valence-corrected chi connectivity index (χ1v) is 19.4. The molecule has 1 aliphatic rings. The summed E-state index contributed by atoms with van der Waals surface area (Å²) in [5, 5.41) is 11.4. The maximum atomic E-state index is 14.7. The molecular formula is C44H51N9O4. The van der Waals surface area contributed by atoms with Crippen molar-refractivity contribution in [3.05, 3.63) is 138 Å². The molecule has 8 N–H and O–H groups in total. The lowest BCUT2D eigenvalue weighted by atomic mass is 9.90. The van der Waals surface area contributed by atoms with E-state index in [4.69, 9.17) is 11.5 Å². The summed E-state index contributed by atoms with van der Waals surface area (Å²) in [5.41, 5.74) is 15.4. The van der Waals surface area contributed by atoms with Gasteiger partial charge in [-0.15, -0.1) is 0 Å². The van der Waals surface area contributed by atoms with Crippen LogP contribution in [0, 0.1) is 0 Å². The predicted molar refractivity (Wildman–Crippen MR) is 221 cm³/mol. The number of nitrogens with two attached hydrogens (primary N) is 2. The molecule has 1 fully saturated rings. The number of aldehydes is 1. The Balaban J connectivity index is 1.36. The van der Waals surface area contributed by atoms with Gasteiger partial charge in [0, 0.05) is 68.4 Å². The lowest BCUT2D eigenvalue weighted by Gasteiger charge is -2.32. The summed E-state index contributed by atoms with van der Waals surface area (Å²) in [6.07, 6.45) is 5.93. The average molecular weight is 770 g/mol. The first kappa shape index (κ1) is 40.3. The van der Waals surface area contributed by atoms with Crippen molar-refractivity contribution in [2.24, 2.45) is 16.5 Å². The molecule has 4 aromatic carbocycles. The van der Waals surface area contributed by atoms with Crippen molar-refractivity contribution in [2.45, 2.75) is 69.1 Å². The number of hydrogen-bond donors (Lipinski definition) is 6. The number of nitrogens with one attached hydrogen (secondary N) is 4. The monoisotopic (exact) mass is 769 g/mol. The summed E-state index contributed by atoms with van der Waals surface area (Å²) in [7, 11) is 0. The van der Waals surface area contributed by atoms with Gasteiger partial charge in [-0.3, -0.25) is 24.2 Å². The zero-order valence-electron chi connectivity index (χ0n) is 32.1. The Bertz CT molecular complexity index is 2100. The van der Waals surface area contributed by atoms with Crippen molar-refractivity contribution in [2.75, 3.05) is 19.6 Å². The van der Waals surface area contributed by atoms with E-state index in [1.807, 2.05) is 77.7 Å². The average Bonchev–Trinajstić information content (AvgIpc) is 3.68. The van der Waals surface area contributed by atoms with Crippen LogP contribution in [0.3, 0.4) is 0 Å². The highest BCUT2D eigenvalue weighted by Gasteiger charge is 2.37. The van der Waals surface area contributed by atoms with Gasteiger partial charge < -0.3 is 37.3 Å². The van der Waals surface area contributed by atoms with E-state index in [0.717, 1.165) is 33.7 Å². The van der Waals surface area contributed by atoms with Crippen molar-refractivity contribution in [3.8, 4) is 0 Å². The van der Waals surface area contributed by atoms with Crippen LogP contribution in [0.5, 0.6) is 0 Å². The van der Waals surface area contributed by atoms with Crippen LogP contribution in [0.2, 0.25) is 0 Å². The molecule has 13 heteroatoms. The van der Waals surface area contributed by atoms with E-state index in [1.54, 1.807) is 6.20 Å². The zero-order valence-corrected chi connectivity index (χ0v) is 32.1. The Morgan fingerprint density at radius 2 is 1.65 bits per heavy atom. The van der Waals surface area contributed by atoms with E-state index in [-0.39, 0.29) is 36.5 Å². The first-order valence-electron chi connectivity index (χ1n) is 19.4. The summed E-state index contributed by atoms with van der Waals surface area (Å²) in [6.45, 7) is 2.57. The number of fused-ring (bicyclic) bond motifs is 1. The number of nitrogens with zero attached hydrogens (tertiary/aromatic N) is 3. The number of H-pyrrole nitrogens is 1. The van der Waals surface area contributed by atoms with Crippen molar-refractivity contribution < 1.29 is 19.2 Å². The SMILES string of the molecule is CC(=O)N[C@@H](Cc1cnc[nH]1)C(=O)N[C@H](Cc1ccc2ccccc2c1C=O)[C@@H]1CCN(CC(c2ccccc2)c2ccccc2)C(=O)[C@H](CCCN=C(N)N)N1. The van der Waals surface area contributed by atoms with Crippen LogP contribution in [0.1, 0.15) is 64.8 Å². The normalized spacial score (nSPS) is 16.7. The second-order valence-corrected chi connectivity index (χ2v) is 14.6. The quantitative estimate of drug-likeness (QED) is 0.0357. The van der Waals surface area contributed by atoms with Crippen LogP contribution in [0.15, 0.2) is 115 Å². The molecule has 0 bridgehead atoms. The molecule has 3 amide bonds. The fourth-order valence-corrected chi connectivity index (χ4v) is 7.78. The topological polar surface area (TPSA) is 201 Å². The van der Waals surface area contributed by atoms with Crippen LogP contribution < -0.4 is 27.4 Å². The van der Waals surface area contributed by atoms with Gasteiger partial charge in [-0.25, -0.2) is 4.98 Å². The van der Waals surface area contributed by atoms with Crippen LogP contribution in [0.25, 0.3) is 10.8 Å². The number of aromatic amines is 1. The lowest BCUT2D eigenvalue weighted by Crippen LogP contribution is -2.58. The molecule has 0 aliphatic carbocycles. The molecule has 5 aromatic rings. The number of carbonyl (C=O) groups excluding carboxylic acids is 4. The van der Waals surface area contributed by atoms with Crippen LogP contribution in [-0.4, -0.2) is 88.6 Å². The third kappa shape index (κ3) is 10.7. The lowest BCUT2D eigenvalue weighted by molar-refractivity contribution is -0.133. The number of carbonyl (C=O) groups is 4. The minimum atomic E-state index is -0.913. The van der Waals surface area contributed by atoms with E-state index >= 15 is 0 Å². The first-order chi connectivity index (χ1) is 27.7. The highest BCUT2D eigenvalue weighted by atomic mass is 16.2. The highest BCUT2D eigenvalue weighted by Crippen LogP contribution is 2.28. The van der Waals surface area contributed by atoms with Gasteiger partial charge in [0.05, 0.1) is 12.4 Å². The van der Waals surface area contributed by atoms with E-state index in [1.165, 1.54) is 13.3 Å². The largest absolute Gasteiger partial charge is 0.370 e. The van der Waals surface area contributed by atoms with Crippen LogP contribution in [0.4, 0.5) is 0 Å². The van der Waals surface area contributed by atoms with Gasteiger partial charge in [-0.1, -0.05) is 97.1 Å². The van der Waals surface area contributed by atoms with Gasteiger partial charge >= 0.3 is 0 Å². The number of aliphatic imine (C=N–C) groups is 1. The molecule has 0 radical (unpaired) electrons. The number of rotatable bonds is 17. The van der Waals surface area contributed by atoms with Gasteiger partial charge in [0.1, 0.15) is 6.04 Å². The Hall–Kier alpha value is -6.34. The smallest absolute Gasteiger partial charge is 0.243 e. The van der Waals surface area contributed by atoms with Gasteiger partial charge in [-0.2, -0.15) is 0 Å². The molecule has 57 heavy (non-hydrogen) atoms. The third-order valence-corrected chi connectivity index (χ3v) is 10.6. The van der Waals surface area contributed by atoms with E-state index < -0.39 is 30.1 Å². The van der Waals surface area contributed by atoms with E-state index in [0.29, 0.717) is 50.2 Å². The number of imidazole rings is 1. The van der Waals surface area contributed by atoms with Crippen molar-refractivity contribution in [1.82, 2.24) is 30.8 Å². The summed E-state index contributed by atoms with van der Waals surface area (Å²) >= 11 is 0. The predicted octanol–water partition coefficient (Wildman–Crippen LogP) is 3.59. The van der Waals surface area contributed by atoms with Gasteiger partial charge in [0.15, 0.2) is 12.2 Å². The fourth-order valence-electron chi connectivity index (χ4n) is 7.78. The molecule has 4 atom stereocenters. The standard InChI is InChI=1S/C44H51N9O4/c1-29(55)50-41(24-34-25-47-28-49-34)42(56)52-40(23-33-19-18-32-15-8-9-16-35(32)37(33)27-54)38-20-22-53(43(57)39(51-38)17-10-21-48-44(45)46)26-36(30-11-4-2-5-12-30)31-13-6-3-7-14-31/h2-9,11-16,18-19,25,27-28,36,38-41,51H,10,17,20-24,26H2,1H3,(H,47,49)(H,50,55)(H,52,56)(H4,45,46,48)/t38-,39-,40+,41-/m0/s1. The Morgan fingerprint density at radius 1 is 0.947 bits per heavy atom. The molecule has 0 saturated carbocycles. The van der Waals surface area contributed by atoms with E-state index in [2.05, 4.69) is 55.2 Å². The minimum Gasteiger partial charge on any atom is -0.370 e. The number of amides is 3. The fraction of sp³-hybridized carbons (Fsp3) is 0.318. The number of aromatic nitrogens is 2.